The number of aryl methyl sites for hydroxylation is 1. The number of rotatable bonds is 4. The summed E-state index contributed by atoms with van der Waals surface area (Å²) in [6, 6.07) is 11.9. The Kier molecular flexibility index (Phi) is 3.41. The van der Waals surface area contributed by atoms with E-state index in [1.807, 2.05) is 36.4 Å². The minimum atomic E-state index is 0.519. The monoisotopic (exact) mass is 266 g/mol. The van der Waals surface area contributed by atoms with Gasteiger partial charge in [0.25, 0.3) is 0 Å². The maximum atomic E-state index is 5.21. The molecule has 5 nitrogen and oxygen atoms in total. The van der Waals surface area contributed by atoms with Gasteiger partial charge in [-0.25, -0.2) is 0 Å². The van der Waals surface area contributed by atoms with Gasteiger partial charge in [-0.15, -0.1) is 10.2 Å². The van der Waals surface area contributed by atoms with Crippen molar-refractivity contribution in [2.75, 3.05) is 5.32 Å². The van der Waals surface area contributed by atoms with Crippen LogP contribution in [0.15, 0.2) is 53.4 Å². The van der Waals surface area contributed by atoms with Crippen LogP contribution in [-0.2, 0) is 6.54 Å². The van der Waals surface area contributed by atoms with Gasteiger partial charge in [0, 0.05) is 17.4 Å². The first-order valence-corrected chi connectivity index (χ1v) is 6.34. The molecule has 2 aromatic heterocycles. The fourth-order valence-electron chi connectivity index (χ4n) is 1.93. The molecule has 0 aliphatic heterocycles. The van der Waals surface area contributed by atoms with E-state index < -0.39 is 0 Å². The third-order valence-corrected chi connectivity index (χ3v) is 3.03. The first-order chi connectivity index (χ1) is 9.83. The Labute approximate surface area is 116 Å². The van der Waals surface area contributed by atoms with Crippen LogP contribution < -0.4 is 5.32 Å². The Balaban J connectivity index is 1.80. The average Bonchev–Trinajstić information content (AvgIpc) is 3.02. The number of hydrogen-bond donors (Lipinski definition) is 1. The van der Waals surface area contributed by atoms with E-state index in [1.165, 1.54) is 6.39 Å². The van der Waals surface area contributed by atoms with E-state index in [9.17, 15) is 0 Å². The van der Waals surface area contributed by atoms with Gasteiger partial charge in [0.2, 0.25) is 12.3 Å². The number of nitrogens with one attached hydrogen (secondary N) is 1. The summed E-state index contributed by atoms with van der Waals surface area (Å²) in [5, 5.41) is 11.0. The molecule has 1 N–H and O–H groups in total. The average molecular weight is 266 g/mol. The summed E-state index contributed by atoms with van der Waals surface area (Å²) in [4.78, 5) is 4.29. The summed E-state index contributed by atoms with van der Waals surface area (Å²) in [6.07, 6.45) is 3.12. The van der Waals surface area contributed by atoms with Crippen LogP contribution in [-0.4, -0.2) is 15.2 Å². The van der Waals surface area contributed by atoms with Crippen molar-refractivity contribution in [2.24, 2.45) is 0 Å². The van der Waals surface area contributed by atoms with Crippen molar-refractivity contribution in [1.82, 2.24) is 15.2 Å². The van der Waals surface area contributed by atoms with E-state index in [-0.39, 0.29) is 0 Å². The zero-order valence-electron chi connectivity index (χ0n) is 11.1. The van der Waals surface area contributed by atoms with E-state index in [4.69, 9.17) is 4.42 Å². The molecule has 0 saturated carbocycles. The maximum Gasteiger partial charge on any atom is 0.247 e. The molecule has 0 saturated heterocycles. The molecule has 0 fully saturated rings. The van der Waals surface area contributed by atoms with E-state index in [0.717, 1.165) is 22.5 Å². The van der Waals surface area contributed by atoms with Gasteiger partial charge in [0.05, 0.1) is 12.2 Å². The first kappa shape index (κ1) is 12.3. The lowest BCUT2D eigenvalue weighted by Gasteiger charge is -2.10. The fourth-order valence-corrected chi connectivity index (χ4v) is 1.93. The minimum absolute atomic E-state index is 0.519. The summed E-state index contributed by atoms with van der Waals surface area (Å²) in [5.74, 6) is 0.519. The molecule has 20 heavy (non-hydrogen) atoms. The number of benzene rings is 1. The molecule has 0 bridgehead atoms. The van der Waals surface area contributed by atoms with Crippen LogP contribution in [0, 0.1) is 6.92 Å². The van der Waals surface area contributed by atoms with E-state index >= 15 is 0 Å². The third-order valence-electron chi connectivity index (χ3n) is 3.03. The molecule has 0 amide bonds. The predicted octanol–water partition coefficient (Wildman–Crippen LogP) is 3.05. The molecule has 0 aliphatic carbocycles. The van der Waals surface area contributed by atoms with E-state index in [1.54, 1.807) is 6.20 Å². The van der Waals surface area contributed by atoms with Crippen molar-refractivity contribution in [3.63, 3.8) is 0 Å². The second-order valence-electron chi connectivity index (χ2n) is 4.45. The van der Waals surface area contributed by atoms with Crippen molar-refractivity contribution in [1.29, 1.82) is 0 Å². The van der Waals surface area contributed by atoms with Crippen LogP contribution in [0.4, 0.5) is 5.69 Å². The second kappa shape index (κ2) is 5.52. The Bertz CT molecular complexity index is 680. The lowest BCUT2D eigenvalue weighted by atomic mass is 10.1. The number of pyridine rings is 1. The molecule has 3 rings (SSSR count). The molecular weight excluding hydrogens is 252 g/mol. The zero-order chi connectivity index (χ0) is 13.8. The highest BCUT2D eigenvalue weighted by Gasteiger charge is 2.06. The minimum Gasteiger partial charge on any atom is -0.423 e. The van der Waals surface area contributed by atoms with Gasteiger partial charge in [-0.2, -0.15) is 0 Å². The summed E-state index contributed by atoms with van der Waals surface area (Å²) >= 11 is 0. The molecule has 0 atom stereocenters. The van der Waals surface area contributed by atoms with Gasteiger partial charge in [0.1, 0.15) is 0 Å². The first-order valence-electron chi connectivity index (χ1n) is 6.34. The number of anilines is 1. The van der Waals surface area contributed by atoms with E-state index in [2.05, 4.69) is 27.4 Å². The summed E-state index contributed by atoms with van der Waals surface area (Å²) in [6.45, 7) is 2.73. The van der Waals surface area contributed by atoms with Crippen molar-refractivity contribution in [2.45, 2.75) is 13.5 Å². The van der Waals surface area contributed by atoms with Crippen LogP contribution >= 0.6 is 0 Å². The van der Waals surface area contributed by atoms with Crippen LogP contribution in [0.3, 0.4) is 0 Å². The molecule has 100 valence electrons. The fraction of sp³-hybridized carbons (Fsp3) is 0.133. The lowest BCUT2D eigenvalue weighted by Crippen LogP contribution is -2.02. The normalized spacial score (nSPS) is 10.4. The number of hydrogen-bond acceptors (Lipinski definition) is 5. The molecule has 1 aromatic carbocycles. The molecule has 0 spiro atoms. The quantitative estimate of drug-likeness (QED) is 0.786. The van der Waals surface area contributed by atoms with Gasteiger partial charge < -0.3 is 9.73 Å². The molecule has 0 aliphatic rings. The van der Waals surface area contributed by atoms with Crippen molar-refractivity contribution >= 4 is 5.69 Å². The lowest BCUT2D eigenvalue weighted by molar-refractivity contribution is 0.568. The Hall–Kier alpha value is -2.69. The Morgan fingerprint density at radius 2 is 2.15 bits per heavy atom. The van der Waals surface area contributed by atoms with Gasteiger partial charge >= 0.3 is 0 Å². The van der Waals surface area contributed by atoms with E-state index in [0.29, 0.717) is 12.4 Å². The maximum absolute atomic E-state index is 5.21. The highest BCUT2D eigenvalue weighted by molar-refractivity contribution is 5.64. The molecule has 3 aromatic rings. The largest absolute Gasteiger partial charge is 0.423 e. The standard InChI is InChI=1S/C15H14N4O/c1-11-5-6-12(15-19-18-10-20-15)8-14(11)17-9-13-4-2-3-7-16-13/h2-8,10,17H,9H2,1H3. The SMILES string of the molecule is Cc1ccc(-c2nnco2)cc1NCc1ccccn1. The highest BCUT2D eigenvalue weighted by atomic mass is 16.4. The van der Waals surface area contributed by atoms with Crippen LogP contribution in [0.1, 0.15) is 11.3 Å². The van der Waals surface area contributed by atoms with Crippen LogP contribution in [0.25, 0.3) is 11.5 Å². The van der Waals surface area contributed by atoms with Crippen molar-refractivity contribution < 1.29 is 4.42 Å². The summed E-state index contributed by atoms with van der Waals surface area (Å²) < 4.78 is 5.21. The van der Waals surface area contributed by atoms with Crippen LogP contribution in [0.2, 0.25) is 0 Å². The van der Waals surface area contributed by atoms with Gasteiger partial charge in [-0.1, -0.05) is 12.1 Å². The van der Waals surface area contributed by atoms with Crippen LogP contribution in [0.5, 0.6) is 0 Å². The van der Waals surface area contributed by atoms with Gasteiger partial charge in [-0.3, -0.25) is 4.98 Å². The van der Waals surface area contributed by atoms with Gasteiger partial charge in [0.15, 0.2) is 0 Å². The number of aromatic nitrogens is 3. The molecule has 2 heterocycles. The van der Waals surface area contributed by atoms with Crippen molar-refractivity contribution in [3.8, 4) is 11.5 Å². The number of nitrogens with zero attached hydrogens (tertiary/aromatic N) is 3. The zero-order valence-corrected chi connectivity index (χ0v) is 11.1. The molecule has 0 radical (unpaired) electrons. The Morgan fingerprint density at radius 1 is 1.20 bits per heavy atom. The summed E-state index contributed by atoms with van der Waals surface area (Å²) in [7, 11) is 0. The second-order valence-corrected chi connectivity index (χ2v) is 4.45. The Morgan fingerprint density at radius 3 is 2.90 bits per heavy atom. The molecule has 0 unspecified atom stereocenters. The third kappa shape index (κ3) is 2.66. The smallest absolute Gasteiger partial charge is 0.247 e. The van der Waals surface area contributed by atoms with Gasteiger partial charge in [-0.05, 0) is 36.8 Å². The predicted molar refractivity (Wildman–Crippen MR) is 76.0 cm³/mol. The summed E-state index contributed by atoms with van der Waals surface area (Å²) in [5.41, 5.74) is 4.09. The van der Waals surface area contributed by atoms with Crippen molar-refractivity contribution in [3.05, 3.63) is 60.2 Å². The molecular formula is C15H14N4O. The highest BCUT2D eigenvalue weighted by Crippen LogP contribution is 2.24. The molecule has 5 heteroatoms. The topological polar surface area (TPSA) is 63.8 Å².